The summed E-state index contributed by atoms with van der Waals surface area (Å²) in [6.45, 7) is 0. The molecule has 3 aromatic heterocycles. The summed E-state index contributed by atoms with van der Waals surface area (Å²) >= 11 is 0. The molecule has 0 N–H and O–H groups in total. The van der Waals surface area contributed by atoms with E-state index in [-0.39, 0.29) is 0 Å². The van der Waals surface area contributed by atoms with Gasteiger partial charge in [-0.1, -0.05) is 97.1 Å². The third-order valence-electron chi connectivity index (χ3n) is 8.01. The normalized spacial score (nSPS) is 11.5. The minimum Gasteiger partial charge on any atom is -0.456 e. The third kappa shape index (κ3) is 3.86. The monoisotopic (exact) mass is 563 g/mol. The van der Waals surface area contributed by atoms with Gasteiger partial charge in [-0.25, -0.2) is 15.0 Å². The van der Waals surface area contributed by atoms with Crippen molar-refractivity contribution in [3.8, 4) is 45.3 Å². The molecular weight excluding hydrogens is 542 g/mol. The predicted octanol–water partition coefficient (Wildman–Crippen LogP) is 9.94. The number of furan rings is 2. The molecule has 0 aliphatic heterocycles. The number of nitrogens with zero attached hydrogens (tertiary/aromatic N) is 3. The van der Waals surface area contributed by atoms with E-state index in [1.807, 2.05) is 97.1 Å². The first-order chi connectivity index (χ1) is 21.8. The van der Waals surface area contributed by atoms with Crippen LogP contribution < -0.4 is 0 Å². The van der Waals surface area contributed by atoms with Crippen molar-refractivity contribution in [2.45, 2.75) is 0 Å². The summed E-state index contributed by atoms with van der Waals surface area (Å²) in [6.07, 6.45) is 0. The molecule has 5 heteroatoms. The largest absolute Gasteiger partial charge is 0.456 e. The van der Waals surface area contributed by atoms with Crippen molar-refractivity contribution in [2.24, 2.45) is 0 Å². The molecule has 204 valence electrons. The molecule has 0 radical (unpaired) electrons. The minimum absolute atomic E-state index is 0.551. The summed E-state index contributed by atoms with van der Waals surface area (Å²) in [4.78, 5) is 15.3. The van der Waals surface area contributed by atoms with Crippen LogP contribution in [0.15, 0.2) is 136 Å². The number of hydrogen-bond acceptors (Lipinski definition) is 5. The topological polar surface area (TPSA) is 65.0 Å². The van der Waals surface area contributed by atoms with E-state index in [4.69, 9.17) is 23.8 Å². The van der Waals surface area contributed by atoms with Crippen molar-refractivity contribution >= 4 is 43.9 Å². The number of para-hydroxylation sites is 1. The second-order valence-electron chi connectivity index (χ2n) is 10.7. The minimum atomic E-state index is 0.551. The molecule has 0 unspecified atom stereocenters. The van der Waals surface area contributed by atoms with Gasteiger partial charge >= 0.3 is 0 Å². The highest BCUT2D eigenvalue weighted by Crippen LogP contribution is 2.42. The van der Waals surface area contributed by atoms with Crippen molar-refractivity contribution < 1.29 is 8.83 Å². The van der Waals surface area contributed by atoms with Gasteiger partial charge in [-0.3, -0.25) is 0 Å². The Morgan fingerprint density at radius 2 is 1.18 bits per heavy atom. The van der Waals surface area contributed by atoms with E-state index in [9.17, 15) is 0 Å². The Kier molecular flexibility index (Phi) is 5.34. The maximum atomic E-state index is 6.32. The highest BCUT2D eigenvalue weighted by Gasteiger charge is 2.22. The molecule has 0 amide bonds. The van der Waals surface area contributed by atoms with Gasteiger partial charge in [-0.15, -0.1) is 0 Å². The molecule has 0 saturated carbocycles. The molecule has 0 fully saturated rings. The van der Waals surface area contributed by atoms with Gasteiger partial charge in [0.1, 0.15) is 22.3 Å². The second kappa shape index (κ2) is 9.65. The van der Waals surface area contributed by atoms with Gasteiger partial charge in [-0.05, 0) is 53.6 Å². The van der Waals surface area contributed by atoms with Gasteiger partial charge in [0.15, 0.2) is 17.5 Å². The van der Waals surface area contributed by atoms with E-state index in [0.717, 1.165) is 71.7 Å². The summed E-state index contributed by atoms with van der Waals surface area (Å²) in [5, 5.41) is 3.86. The van der Waals surface area contributed by atoms with E-state index >= 15 is 0 Å². The van der Waals surface area contributed by atoms with Crippen molar-refractivity contribution in [3.63, 3.8) is 0 Å². The first-order valence-corrected chi connectivity index (χ1v) is 14.4. The Labute approximate surface area is 252 Å². The van der Waals surface area contributed by atoms with Crippen molar-refractivity contribution in [1.82, 2.24) is 15.0 Å². The molecule has 6 aromatic carbocycles. The molecule has 0 aliphatic carbocycles. The maximum absolute atomic E-state index is 6.32. The number of hydrogen-bond donors (Lipinski definition) is 0. The van der Waals surface area contributed by atoms with E-state index in [0.29, 0.717) is 17.5 Å². The van der Waals surface area contributed by atoms with Crippen LogP contribution >= 0.6 is 0 Å². The number of benzene rings is 5. The van der Waals surface area contributed by atoms with Crippen LogP contribution in [0.4, 0.5) is 0 Å². The van der Waals surface area contributed by atoms with Crippen molar-refractivity contribution in [1.29, 1.82) is 0 Å². The second-order valence-corrected chi connectivity index (χ2v) is 10.7. The third-order valence-corrected chi connectivity index (χ3v) is 8.01. The lowest BCUT2D eigenvalue weighted by atomic mass is 9.94. The summed E-state index contributed by atoms with van der Waals surface area (Å²) < 4.78 is 12.5. The van der Waals surface area contributed by atoms with Crippen LogP contribution in [-0.2, 0) is 0 Å². The molecule has 0 atom stereocenters. The number of rotatable bonds is 4. The van der Waals surface area contributed by atoms with E-state index in [1.54, 1.807) is 6.07 Å². The summed E-state index contributed by atoms with van der Waals surface area (Å²) in [6, 6.07) is 48.5. The lowest BCUT2D eigenvalue weighted by Gasteiger charge is -2.13. The highest BCUT2D eigenvalue weighted by atomic mass is 16.3. The first kappa shape index (κ1) is 24.4. The summed E-state index contributed by atoms with van der Waals surface area (Å²) in [5.74, 6) is 1.70. The van der Waals surface area contributed by atoms with Crippen LogP contribution in [-0.4, -0.2) is 15.0 Å². The van der Waals surface area contributed by atoms with Crippen LogP contribution in [0.2, 0.25) is 0 Å². The Morgan fingerprint density at radius 3 is 2.02 bits per heavy atom. The van der Waals surface area contributed by atoms with Gasteiger partial charge in [-0.2, -0.15) is 0 Å². The van der Waals surface area contributed by atoms with Crippen LogP contribution in [0.1, 0.15) is 0 Å². The quantitative estimate of drug-likeness (QED) is 0.213. The van der Waals surface area contributed by atoms with E-state index < -0.39 is 0 Å². The van der Waals surface area contributed by atoms with Gasteiger partial charge < -0.3 is 8.83 Å². The van der Waals surface area contributed by atoms with Gasteiger partial charge in [0.2, 0.25) is 0 Å². The fourth-order valence-electron chi connectivity index (χ4n) is 5.97. The van der Waals surface area contributed by atoms with Crippen LogP contribution in [0.3, 0.4) is 0 Å². The SMILES string of the molecule is c1ccc2oc3cc(-c4nc(-c5ccccc5)nc(-c5c(-c6ccccc6)ccc6oc7ccccc7c56)n4)ccc3c2c#1. The molecule has 44 heavy (non-hydrogen) atoms. The Balaban J connectivity index is 1.36. The summed E-state index contributed by atoms with van der Waals surface area (Å²) in [7, 11) is 0. The first-order valence-electron chi connectivity index (χ1n) is 14.4. The van der Waals surface area contributed by atoms with Gasteiger partial charge in [0, 0.05) is 32.8 Å². The zero-order valence-corrected chi connectivity index (χ0v) is 23.3. The Morgan fingerprint density at radius 1 is 0.477 bits per heavy atom. The summed E-state index contributed by atoms with van der Waals surface area (Å²) in [5.41, 5.74) is 7.80. The molecule has 9 aromatic rings. The fourth-order valence-corrected chi connectivity index (χ4v) is 5.97. The van der Waals surface area contributed by atoms with Crippen molar-refractivity contribution in [3.05, 3.63) is 140 Å². The Hall–Kier alpha value is -6.25. The van der Waals surface area contributed by atoms with Crippen LogP contribution in [0.25, 0.3) is 89.2 Å². The standard InChI is InChI=1S/C39H21N3O2/c1-3-11-24(12-4-1)27-21-22-33-35(30-16-8-10-18-32(30)43-33)36(27)39-41-37(25-13-5-2-6-14-25)40-38(42-39)26-19-20-29-28-15-7-9-17-31(28)44-34(29)23-26/h1-6,8-14,16-23H. The lowest BCUT2D eigenvalue weighted by Crippen LogP contribution is -2.01. The zero-order valence-electron chi connectivity index (χ0n) is 23.3. The molecule has 0 saturated heterocycles. The number of aromatic nitrogens is 3. The molecule has 0 aliphatic rings. The van der Waals surface area contributed by atoms with Crippen molar-refractivity contribution in [2.75, 3.05) is 0 Å². The molecule has 3 heterocycles. The van der Waals surface area contributed by atoms with Gasteiger partial charge in [0.05, 0.1) is 5.39 Å². The number of fused-ring (bicyclic) bond motifs is 6. The van der Waals surface area contributed by atoms with Crippen LogP contribution in [0, 0.1) is 12.1 Å². The molecule has 9 rings (SSSR count). The fraction of sp³-hybridized carbons (Fsp3) is 0. The lowest BCUT2D eigenvalue weighted by molar-refractivity contribution is 0.668. The predicted molar refractivity (Wildman–Crippen MR) is 174 cm³/mol. The molecule has 5 nitrogen and oxygen atoms in total. The molecular formula is C39H21N3O2. The van der Waals surface area contributed by atoms with E-state index in [1.165, 1.54) is 0 Å². The highest BCUT2D eigenvalue weighted by molar-refractivity contribution is 6.15. The Bertz CT molecular complexity index is 2500. The van der Waals surface area contributed by atoms with Crippen LogP contribution in [0.5, 0.6) is 0 Å². The molecule has 0 spiro atoms. The van der Waals surface area contributed by atoms with E-state index in [2.05, 4.69) is 36.4 Å². The molecule has 0 bridgehead atoms. The average molecular weight is 564 g/mol. The zero-order chi connectivity index (χ0) is 29.0. The maximum Gasteiger partial charge on any atom is 0.165 e. The smallest absolute Gasteiger partial charge is 0.165 e. The van der Waals surface area contributed by atoms with Gasteiger partial charge in [0.25, 0.3) is 0 Å². The average Bonchev–Trinajstić information content (AvgIpc) is 3.66.